The maximum Gasteiger partial charge on any atom is 0.256 e. The Morgan fingerprint density at radius 2 is 1.59 bits per heavy atom. The van der Waals surface area contributed by atoms with Crippen LogP contribution in [0.2, 0.25) is 0 Å². The van der Waals surface area contributed by atoms with Crippen molar-refractivity contribution in [2.75, 3.05) is 42.9 Å². The lowest BCUT2D eigenvalue weighted by atomic mass is 10.1. The van der Waals surface area contributed by atoms with Crippen molar-refractivity contribution in [2.45, 2.75) is 33.4 Å². The predicted molar refractivity (Wildman–Crippen MR) is 149 cm³/mol. The predicted octanol–water partition coefficient (Wildman–Crippen LogP) is 5.57. The maximum atomic E-state index is 13.2. The highest BCUT2D eigenvalue weighted by Gasteiger charge is 2.36. The van der Waals surface area contributed by atoms with Gasteiger partial charge in [-0.1, -0.05) is 50.2 Å². The highest BCUT2D eigenvalue weighted by molar-refractivity contribution is 5.99. The number of hydrogen-bond acceptors (Lipinski definition) is 4. The summed E-state index contributed by atoms with van der Waals surface area (Å²) in [7, 11) is 0. The monoisotopic (exact) mass is 496 g/mol. The Bertz CT molecular complexity index is 1260. The van der Waals surface area contributed by atoms with Crippen LogP contribution >= 0.6 is 0 Å². The van der Waals surface area contributed by atoms with Gasteiger partial charge in [-0.25, -0.2) is 0 Å². The molecule has 192 valence electrons. The van der Waals surface area contributed by atoms with E-state index in [0.717, 1.165) is 36.3 Å². The fourth-order valence-corrected chi connectivity index (χ4v) is 5.27. The van der Waals surface area contributed by atoms with Crippen LogP contribution in [-0.2, 0) is 0 Å². The average molecular weight is 497 g/mol. The number of para-hydroxylation sites is 1. The van der Waals surface area contributed by atoms with Crippen LogP contribution in [0.4, 0.5) is 11.4 Å². The van der Waals surface area contributed by atoms with Crippen LogP contribution in [0.5, 0.6) is 0 Å². The van der Waals surface area contributed by atoms with Crippen LogP contribution in [0.25, 0.3) is 0 Å². The second kappa shape index (κ2) is 10.7. The zero-order chi connectivity index (χ0) is 25.9. The number of nitrogens with zero attached hydrogens (tertiary/aromatic N) is 3. The van der Waals surface area contributed by atoms with E-state index in [4.69, 9.17) is 0 Å². The first-order valence-corrected chi connectivity index (χ1v) is 13.3. The molecule has 2 aliphatic rings. The fraction of sp³-hybridized carbons (Fsp3) is 0.355. The molecule has 5 rings (SSSR count). The minimum atomic E-state index is -0.210. The Kier molecular flexibility index (Phi) is 7.17. The zero-order valence-corrected chi connectivity index (χ0v) is 22.0. The molecule has 0 aromatic heterocycles. The summed E-state index contributed by atoms with van der Waals surface area (Å²) >= 11 is 0. The van der Waals surface area contributed by atoms with Gasteiger partial charge in [0.1, 0.15) is 6.17 Å². The highest BCUT2D eigenvalue weighted by Crippen LogP contribution is 2.35. The van der Waals surface area contributed by atoms with E-state index in [0.29, 0.717) is 31.1 Å². The number of nitrogens with one attached hydrogen (secondary N) is 1. The molecule has 1 N–H and O–H groups in total. The molecule has 1 unspecified atom stereocenters. The number of aryl methyl sites for hydroxylation is 1. The second-order valence-corrected chi connectivity index (χ2v) is 10.5. The molecule has 2 aliphatic heterocycles. The van der Waals surface area contributed by atoms with Crippen LogP contribution in [0, 0.1) is 12.8 Å². The topological polar surface area (TPSA) is 55.9 Å². The molecule has 2 heterocycles. The molecule has 3 aromatic carbocycles. The van der Waals surface area contributed by atoms with Crippen molar-refractivity contribution in [3.05, 3.63) is 95.1 Å². The summed E-state index contributed by atoms with van der Waals surface area (Å²) in [5, 5.41) is 3.55. The number of anilines is 2. The molecule has 3 aromatic rings. The number of carbonyl (C=O) groups is 2. The first-order chi connectivity index (χ1) is 17.9. The third-order valence-electron chi connectivity index (χ3n) is 7.46. The number of benzene rings is 3. The smallest absolute Gasteiger partial charge is 0.256 e. The SMILES string of the molecule is Cc1ccccc1N1CCN(C(=O)c2ccc(NC3c4ccccc4C(=O)N3CCC(C)C)cc2)CC1. The van der Waals surface area contributed by atoms with Gasteiger partial charge in [0, 0.05) is 60.8 Å². The Balaban J connectivity index is 1.24. The van der Waals surface area contributed by atoms with Crippen molar-refractivity contribution < 1.29 is 9.59 Å². The van der Waals surface area contributed by atoms with E-state index in [-0.39, 0.29) is 18.0 Å². The van der Waals surface area contributed by atoms with E-state index in [1.807, 2.05) is 58.3 Å². The first kappa shape index (κ1) is 24.9. The van der Waals surface area contributed by atoms with Crippen LogP contribution in [0.15, 0.2) is 72.8 Å². The molecular weight excluding hydrogens is 460 g/mol. The van der Waals surface area contributed by atoms with Crippen molar-refractivity contribution in [3.8, 4) is 0 Å². The van der Waals surface area contributed by atoms with Gasteiger partial charge in [-0.15, -0.1) is 0 Å². The summed E-state index contributed by atoms with van der Waals surface area (Å²) in [6.07, 6.45) is 0.737. The summed E-state index contributed by atoms with van der Waals surface area (Å²) in [6.45, 7) is 10.3. The number of carbonyl (C=O) groups excluding carboxylic acids is 2. The largest absolute Gasteiger partial charge is 0.368 e. The Morgan fingerprint density at radius 1 is 0.919 bits per heavy atom. The number of rotatable bonds is 7. The van der Waals surface area contributed by atoms with Gasteiger partial charge in [-0.05, 0) is 61.2 Å². The Hall–Kier alpha value is -3.80. The second-order valence-electron chi connectivity index (χ2n) is 10.5. The maximum absolute atomic E-state index is 13.2. The minimum absolute atomic E-state index is 0.0657. The van der Waals surface area contributed by atoms with Gasteiger partial charge in [0.2, 0.25) is 0 Å². The van der Waals surface area contributed by atoms with E-state index in [1.165, 1.54) is 11.3 Å². The molecule has 1 atom stereocenters. The number of hydrogen-bond donors (Lipinski definition) is 1. The Morgan fingerprint density at radius 3 is 2.30 bits per heavy atom. The Labute approximate surface area is 219 Å². The van der Waals surface area contributed by atoms with Gasteiger partial charge < -0.3 is 20.0 Å². The number of fused-ring (bicyclic) bond motifs is 1. The van der Waals surface area contributed by atoms with Crippen molar-refractivity contribution in [1.29, 1.82) is 0 Å². The van der Waals surface area contributed by atoms with E-state index in [2.05, 4.69) is 55.3 Å². The lowest BCUT2D eigenvalue weighted by Gasteiger charge is -2.36. The lowest BCUT2D eigenvalue weighted by molar-refractivity contribution is 0.0731. The molecule has 37 heavy (non-hydrogen) atoms. The van der Waals surface area contributed by atoms with E-state index in [9.17, 15) is 9.59 Å². The van der Waals surface area contributed by atoms with Crippen LogP contribution in [-0.4, -0.2) is 54.3 Å². The normalized spacial score (nSPS) is 17.4. The van der Waals surface area contributed by atoms with Gasteiger partial charge in [-0.3, -0.25) is 9.59 Å². The minimum Gasteiger partial charge on any atom is -0.368 e. The summed E-state index contributed by atoms with van der Waals surface area (Å²) in [5.74, 6) is 0.655. The molecule has 2 amide bonds. The van der Waals surface area contributed by atoms with Gasteiger partial charge in [0.15, 0.2) is 0 Å². The van der Waals surface area contributed by atoms with Gasteiger partial charge in [0.05, 0.1) is 0 Å². The standard InChI is InChI=1S/C31H36N4O2/c1-22(2)16-17-35-29(26-9-5-6-10-27(26)31(35)37)32-25-14-12-24(13-15-25)30(36)34-20-18-33(19-21-34)28-11-7-4-8-23(28)3/h4-15,22,29,32H,16-21H2,1-3H3. The van der Waals surface area contributed by atoms with Crippen molar-refractivity contribution in [3.63, 3.8) is 0 Å². The third-order valence-corrected chi connectivity index (χ3v) is 7.46. The summed E-state index contributed by atoms with van der Waals surface area (Å²) < 4.78 is 0. The van der Waals surface area contributed by atoms with Gasteiger partial charge in [-0.2, -0.15) is 0 Å². The summed E-state index contributed by atoms with van der Waals surface area (Å²) in [6, 6.07) is 23.9. The molecule has 0 radical (unpaired) electrons. The fourth-order valence-electron chi connectivity index (χ4n) is 5.27. The molecule has 0 aliphatic carbocycles. The molecule has 0 bridgehead atoms. The molecular formula is C31H36N4O2. The molecule has 6 heteroatoms. The van der Waals surface area contributed by atoms with Gasteiger partial charge in [0.25, 0.3) is 11.8 Å². The summed E-state index contributed by atoms with van der Waals surface area (Å²) in [4.78, 5) is 32.5. The molecule has 1 fully saturated rings. The first-order valence-electron chi connectivity index (χ1n) is 13.3. The molecule has 6 nitrogen and oxygen atoms in total. The molecule has 0 saturated carbocycles. The average Bonchev–Trinajstić information content (AvgIpc) is 3.18. The molecule has 0 spiro atoms. The van der Waals surface area contributed by atoms with Crippen molar-refractivity contribution >= 4 is 23.2 Å². The van der Waals surface area contributed by atoms with Crippen molar-refractivity contribution in [1.82, 2.24) is 9.80 Å². The van der Waals surface area contributed by atoms with Crippen LogP contribution in [0.1, 0.15) is 58.3 Å². The van der Waals surface area contributed by atoms with Gasteiger partial charge >= 0.3 is 0 Å². The summed E-state index contributed by atoms with van der Waals surface area (Å²) in [5.41, 5.74) is 5.86. The quantitative estimate of drug-likeness (QED) is 0.465. The zero-order valence-electron chi connectivity index (χ0n) is 22.0. The van der Waals surface area contributed by atoms with E-state index in [1.54, 1.807) is 0 Å². The lowest BCUT2D eigenvalue weighted by Crippen LogP contribution is -2.49. The van der Waals surface area contributed by atoms with E-state index < -0.39 is 0 Å². The third kappa shape index (κ3) is 5.19. The number of amides is 2. The molecule has 1 saturated heterocycles. The highest BCUT2D eigenvalue weighted by atomic mass is 16.2. The van der Waals surface area contributed by atoms with Crippen LogP contribution in [0.3, 0.4) is 0 Å². The van der Waals surface area contributed by atoms with E-state index >= 15 is 0 Å². The van der Waals surface area contributed by atoms with Crippen molar-refractivity contribution in [2.24, 2.45) is 5.92 Å². The van der Waals surface area contributed by atoms with Crippen LogP contribution < -0.4 is 10.2 Å². The number of piperazine rings is 1.